The fourth-order valence-electron chi connectivity index (χ4n) is 1.39. The third kappa shape index (κ3) is 3.10. The van der Waals surface area contributed by atoms with Crippen LogP contribution in [0, 0.1) is 0 Å². The highest BCUT2D eigenvalue weighted by atomic mass is 32.1. The van der Waals surface area contributed by atoms with Gasteiger partial charge in [0.15, 0.2) is 5.78 Å². The maximum absolute atomic E-state index is 12.0. The molecule has 0 aliphatic heterocycles. The third-order valence-corrected chi connectivity index (χ3v) is 2.80. The first kappa shape index (κ1) is 14.2. The number of carbonyl (C=O) groups is 3. The standard InChI is InChI=1S/C12H13NO4S/c1-2-9(14)13(18)10(12(16)17)11(15)8-6-4-3-5-7-8/h3-7,10,18H,2H2,1H3,(H,16,17). The summed E-state index contributed by atoms with van der Waals surface area (Å²) in [6.07, 6.45) is 0.0787. The van der Waals surface area contributed by atoms with Crippen molar-refractivity contribution in [3.63, 3.8) is 0 Å². The van der Waals surface area contributed by atoms with Gasteiger partial charge in [0.05, 0.1) is 0 Å². The van der Waals surface area contributed by atoms with Gasteiger partial charge in [-0.1, -0.05) is 50.1 Å². The van der Waals surface area contributed by atoms with Gasteiger partial charge in [-0.15, -0.1) is 0 Å². The van der Waals surface area contributed by atoms with Crippen LogP contribution < -0.4 is 0 Å². The van der Waals surface area contributed by atoms with Crippen molar-refractivity contribution in [3.05, 3.63) is 35.9 Å². The molecule has 6 heteroatoms. The SMILES string of the molecule is CCC(=O)N(S)C(C(=O)O)C(=O)c1ccccc1. The van der Waals surface area contributed by atoms with E-state index < -0.39 is 23.7 Å². The van der Waals surface area contributed by atoms with Crippen LogP contribution in [0.2, 0.25) is 0 Å². The number of hydrogen-bond donors (Lipinski definition) is 2. The number of carbonyl (C=O) groups excluding carboxylic acids is 2. The topological polar surface area (TPSA) is 74.7 Å². The van der Waals surface area contributed by atoms with Gasteiger partial charge in [0.2, 0.25) is 11.9 Å². The normalized spacial score (nSPS) is 11.7. The molecule has 5 nitrogen and oxygen atoms in total. The van der Waals surface area contributed by atoms with Crippen LogP contribution in [0.25, 0.3) is 0 Å². The molecule has 18 heavy (non-hydrogen) atoms. The van der Waals surface area contributed by atoms with Crippen LogP contribution >= 0.6 is 12.8 Å². The van der Waals surface area contributed by atoms with Crippen molar-refractivity contribution < 1.29 is 19.5 Å². The predicted octanol–water partition coefficient (Wildman–Crippen LogP) is 1.41. The largest absolute Gasteiger partial charge is 0.479 e. The Kier molecular flexibility index (Phi) is 4.91. The van der Waals surface area contributed by atoms with Crippen LogP contribution in [-0.4, -0.2) is 33.1 Å². The molecule has 0 saturated heterocycles. The Hall–Kier alpha value is -1.82. The number of ketones is 1. The average molecular weight is 267 g/mol. The first-order chi connectivity index (χ1) is 8.49. The van der Waals surface area contributed by atoms with Gasteiger partial charge >= 0.3 is 5.97 Å². The Labute approximate surface area is 110 Å². The van der Waals surface area contributed by atoms with Crippen molar-refractivity contribution in [3.8, 4) is 0 Å². The predicted molar refractivity (Wildman–Crippen MR) is 68.3 cm³/mol. The lowest BCUT2D eigenvalue weighted by Gasteiger charge is -2.21. The molecule has 0 heterocycles. The summed E-state index contributed by atoms with van der Waals surface area (Å²) < 4.78 is 0.664. The van der Waals surface area contributed by atoms with E-state index in [0.29, 0.717) is 4.31 Å². The van der Waals surface area contributed by atoms with Gasteiger partial charge in [-0.25, -0.2) is 4.79 Å². The van der Waals surface area contributed by atoms with Crippen LogP contribution in [0.5, 0.6) is 0 Å². The van der Waals surface area contributed by atoms with Crippen LogP contribution in [0.3, 0.4) is 0 Å². The number of nitrogens with zero attached hydrogens (tertiary/aromatic N) is 1. The van der Waals surface area contributed by atoms with Gasteiger partial charge in [-0.3, -0.25) is 13.9 Å². The molecule has 1 amide bonds. The number of aliphatic carboxylic acids is 1. The number of carboxylic acids is 1. The second-order valence-corrected chi connectivity index (χ2v) is 3.99. The van der Waals surface area contributed by atoms with Crippen molar-refractivity contribution in [1.29, 1.82) is 0 Å². The molecule has 1 rings (SSSR count). The maximum Gasteiger partial charge on any atom is 0.335 e. The zero-order valence-corrected chi connectivity index (χ0v) is 10.6. The molecule has 96 valence electrons. The number of benzene rings is 1. The Balaban J connectivity index is 3.03. The van der Waals surface area contributed by atoms with Gasteiger partial charge in [0.1, 0.15) is 0 Å². The molecule has 1 atom stereocenters. The molecule has 1 unspecified atom stereocenters. The van der Waals surface area contributed by atoms with E-state index >= 15 is 0 Å². The van der Waals surface area contributed by atoms with E-state index in [1.807, 2.05) is 0 Å². The van der Waals surface area contributed by atoms with E-state index in [2.05, 4.69) is 12.8 Å². The average Bonchev–Trinajstić information content (AvgIpc) is 2.38. The molecule has 1 aromatic rings. The van der Waals surface area contributed by atoms with Crippen molar-refractivity contribution in [2.24, 2.45) is 0 Å². The van der Waals surface area contributed by atoms with Gasteiger partial charge in [0.25, 0.3) is 0 Å². The Morgan fingerprint density at radius 2 is 1.83 bits per heavy atom. The molecule has 0 aromatic heterocycles. The minimum atomic E-state index is -1.61. The number of amides is 1. The minimum absolute atomic E-state index is 0.0787. The fraction of sp³-hybridized carbons (Fsp3) is 0.250. The van der Waals surface area contributed by atoms with E-state index in [9.17, 15) is 14.4 Å². The molecular formula is C12H13NO4S. The van der Waals surface area contributed by atoms with Gasteiger partial charge in [-0.2, -0.15) is 0 Å². The van der Waals surface area contributed by atoms with Crippen LogP contribution in [0.4, 0.5) is 0 Å². The van der Waals surface area contributed by atoms with Crippen molar-refractivity contribution in [1.82, 2.24) is 4.31 Å². The van der Waals surface area contributed by atoms with Gasteiger partial charge in [-0.05, 0) is 0 Å². The van der Waals surface area contributed by atoms with Gasteiger partial charge < -0.3 is 5.11 Å². The molecule has 0 aliphatic rings. The lowest BCUT2D eigenvalue weighted by atomic mass is 10.0. The van der Waals surface area contributed by atoms with Crippen molar-refractivity contribution >= 4 is 30.5 Å². The van der Waals surface area contributed by atoms with E-state index in [0.717, 1.165) is 0 Å². The molecule has 0 aliphatic carbocycles. The molecule has 0 bridgehead atoms. The Morgan fingerprint density at radius 3 is 2.28 bits per heavy atom. The Bertz CT molecular complexity index is 460. The van der Waals surface area contributed by atoms with Crippen LogP contribution in [0.1, 0.15) is 23.7 Å². The quantitative estimate of drug-likeness (QED) is 0.480. The molecule has 0 radical (unpaired) electrons. The molecule has 1 N–H and O–H groups in total. The van der Waals surface area contributed by atoms with E-state index in [4.69, 9.17) is 5.11 Å². The lowest BCUT2D eigenvalue weighted by molar-refractivity contribution is -0.143. The summed E-state index contributed by atoms with van der Waals surface area (Å²) in [6, 6.07) is 6.34. The molecular weight excluding hydrogens is 254 g/mol. The first-order valence-corrected chi connectivity index (χ1v) is 5.72. The van der Waals surface area contributed by atoms with E-state index in [1.165, 1.54) is 12.1 Å². The second-order valence-electron chi connectivity index (χ2n) is 3.56. The highest BCUT2D eigenvalue weighted by molar-refractivity contribution is 7.78. The number of carboxylic acid groups (broad SMARTS) is 1. The summed E-state index contributed by atoms with van der Waals surface area (Å²) in [5.74, 6) is -2.59. The first-order valence-electron chi connectivity index (χ1n) is 5.32. The maximum atomic E-state index is 12.0. The van der Waals surface area contributed by atoms with E-state index in [1.54, 1.807) is 25.1 Å². The number of Topliss-reactive ketones (excluding diaryl/α,β-unsaturated/α-hetero) is 1. The number of rotatable bonds is 5. The number of thiol groups is 1. The van der Waals surface area contributed by atoms with Gasteiger partial charge in [0, 0.05) is 12.0 Å². The molecule has 1 aromatic carbocycles. The molecule has 0 spiro atoms. The third-order valence-electron chi connectivity index (χ3n) is 2.34. The fourth-order valence-corrected chi connectivity index (χ4v) is 1.74. The van der Waals surface area contributed by atoms with Crippen LogP contribution in [0.15, 0.2) is 30.3 Å². The Morgan fingerprint density at radius 1 is 1.28 bits per heavy atom. The monoisotopic (exact) mass is 267 g/mol. The molecule has 0 saturated carbocycles. The highest BCUT2D eigenvalue weighted by Crippen LogP contribution is 2.13. The molecule has 0 fully saturated rings. The zero-order chi connectivity index (χ0) is 13.7. The summed E-state index contributed by atoms with van der Waals surface area (Å²) in [5, 5.41) is 9.06. The lowest BCUT2D eigenvalue weighted by Crippen LogP contribution is -2.44. The van der Waals surface area contributed by atoms with Crippen molar-refractivity contribution in [2.75, 3.05) is 0 Å². The zero-order valence-electron chi connectivity index (χ0n) is 9.74. The second kappa shape index (κ2) is 6.20. The van der Waals surface area contributed by atoms with E-state index in [-0.39, 0.29) is 12.0 Å². The summed E-state index contributed by atoms with van der Waals surface area (Å²) >= 11 is 3.81. The minimum Gasteiger partial charge on any atom is -0.479 e. The summed E-state index contributed by atoms with van der Waals surface area (Å²) in [7, 11) is 0. The smallest absolute Gasteiger partial charge is 0.335 e. The highest BCUT2D eigenvalue weighted by Gasteiger charge is 2.34. The van der Waals surface area contributed by atoms with Crippen molar-refractivity contribution in [2.45, 2.75) is 19.4 Å². The van der Waals surface area contributed by atoms with Crippen LogP contribution in [-0.2, 0) is 9.59 Å². The summed E-state index contributed by atoms with van der Waals surface area (Å²) in [6.45, 7) is 1.57. The summed E-state index contributed by atoms with van der Waals surface area (Å²) in [4.78, 5) is 34.6. The number of hydrogen-bond acceptors (Lipinski definition) is 4. The summed E-state index contributed by atoms with van der Waals surface area (Å²) in [5.41, 5.74) is 0.229.